The van der Waals surface area contributed by atoms with Crippen molar-refractivity contribution in [1.82, 2.24) is 4.72 Å². The Balaban J connectivity index is 1.61. The first-order valence-corrected chi connectivity index (χ1v) is 11.9. The zero-order chi connectivity index (χ0) is 20.1. The molecule has 150 valence electrons. The van der Waals surface area contributed by atoms with Crippen LogP contribution in [0.15, 0.2) is 58.3 Å². The topological polar surface area (TPSA) is 75.3 Å². The number of carbonyl (C=O) groups is 1. The minimum Gasteiger partial charge on any atom is -0.322 e. The smallest absolute Gasteiger partial charge is 0.255 e. The highest BCUT2D eigenvalue weighted by atomic mass is 32.2. The molecular formula is C21H26N2O3S2. The molecule has 0 radical (unpaired) electrons. The van der Waals surface area contributed by atoms with Crippen LogP contribution < -0.4 is 10.0 Å². The third-order valence-electron chi connectivity index (χ3n) is 4.53. The molecule has 28 heavy (non-hydrogen) atoms. The lowest BCUT2D eigenvalue weighted by Gasteiger charge is -2.11. The largest absolute Gasteiger partial charge is 0.322 e. The van der Waals surface area contributed by atoms with E-state index in [1.54, 1.807) is 13.8 Å². The van der Waals surface area contributed by atoms with Crippen molar-refractivity contribution in [2.75, 3.05) is 5.32 Å². The van der Waals surface area contributed by atoms with Crippen molar-refractivity contribution >= 4 is 33.4 Å². The SMILES string of the molecule is CC(C)NS(=O)(=O)c1ccc(C(=O)Nc2ccc(SC3CCCC3)cc2)cc1. The first kappa shape index (κ1) is 20.9. The third-order valence-corrected chi connectivity index (χ3v) is 7.56. The molecule has 3 rings (SSSR count). The minimum atomic E-state index is -3.56. The number of hydrogen-bond acceptors (Lipinski definition) is 4. The zero-order valence-corrected chi connectivity index (χ0v) is 17.8. The maximum atomic E-state index is 12.4. The van der Waals surface area contributed by atoms with Crippen molar-refractivity contribution < 1.29 is 13.2 Å². The summed E-state index contributed by atoms with van der Waals surface area (Å²) in [6.45, 7) is 3.52. The Labute approximate surface area is 171 Å². The maximum absolute atomic E-state index is 12.4. The van der Waals surface area contributed by atoms with Crippen molar-refractivity contribution in [3.05, 3.63) is 54.1 Å². The molecule has 1 amide bonds. The van der Waals surface area contributed by atoms with Gasteiger partial charge in [0.2, 0.25) is 10.0 Å². The summed E-state index contributed by atoms with van der Waals surface area (Å²) in [7, 11) is -3.56. The number of carbonyl (C=O) groups excluding carboxylic acids is 1. The number of benzene rings is 2. The standard InChI is InChI=1S/C21H26N2O3S2/c1-15(2)23-28(25,26)20-13-7-16(8-14-20)21(24)22-17-9-11-19(12-10-17)27-18-5-3-4-6-18/h7-15,18,23H,3-6H2,1-2H3,(H,22,24). The Bertz CT molecular complexity index is 902. The number of anilines is 1. The van der Waals surface area contributed by atoms with Gasteiger partial charge in [-0.25, -0.2) is 13.1 Å². The molecule has 7 heteroatoms. The number of amides is 1. The van der Waals surface area contributed by atoms with Crippen LogP contribution in [-0.4, -0.2) is 25.6 Å². The van der Waals surface area contributed by atoms with Gasteiger partial charge in [0.25, 0.3) is 5.91 Å². The van der Waals surface area contributed by atoms with E-state index in [0.29, 0.717) is 10.8 Å². The van der Waals surface area contributed by atoms with Gasteiger partial charge in [-0.3, -0.25) is 4.79 Å². The molecule has 0 unspecified atom stereocenters. The molecule has 0 saturated heterocycles. The van der Waals surface area contributed by atoms with Crippen molar-refractivity contribution in [2.24, 2.45) is 0 Å². The molecule has 0 spiro atoms. The highest BCUT2D eigenvalue weighted by molar-refractivity contribution is 8.00. The van der Waals surface area contributed by atoms with Gasteiger partial charge in [-0.05, 0) is 75.2 Å². The van der Waals surface area contributed by atoms with Gasteiger partial charge in [0.15, 0.2) is 0 Å². The van der Waals surface area contributed by atoms with E-state index in [4.69, 9.17) is 0 Å². The summed E-state index contributed by atoms with van der Waals surface area (Å²) in [5.74, 6) is -0.267. The van der Waals surface area contributed by atoms with E-state index in [1.165, 1.54) is 54.8 Å². The second-order valence-corrected chi connectivity index (χ2v) is 10.4. The lowest BCUT2D eigenvalue weighted by molar-refractivity contribution is 0.102. The van der Waals surface area contributed by atoms with E-state index >= 15 is 0 Å². The Kier molecular flexibility index (Phi) is 6.80. The predicted molar refractivity (Wildman–Crippen MR) is 114 cm³/mol. The average molecular weight is 419 g/mol. The van der Waals surface area contributed by atoms with Crippen molar-refractivity contribution in [2.45, 2.75) is 60.6 Å². The van der Waals surface area contributed by atoms with E-state index < -0.39 is 10.0 Å². The molecule has 0 aliphatic heterocycles. The van der Waals surface area contributed by atoms with E-state index in [-0.39, 0.29) is 16.8 Å². The van der Waals surface area contributed by atoms with Gasteiger partial charge < -0.3 is 5.32 Å². The number of hydrogen-bond donors (Lipinski definition) is 2. The zero-order valence-electron chi connectivity index (χ0n) is 16.1. The van der Waals surface area contributed by atoms with E-state index in [2.05, 4.69) is 10.0 Å². The van der Waals surface area contributed by atoms with Crippen LogP contribution in [0.1, 0.15) is 49.9 Å². The molecule has 2 aromatic rings. The molecule has 0 heterocycles. The molecular weight excluding hydrogens is 392 g/mol. The van der Waals surface area contributed by atoms with Crippen LogP contribution >= 0.6 is 11.8 Å². The predicted octanol–water partition coefficient (Wildman–Crippen LogP) is 4.66. The summed E-state index contributed by atoms with van der Waals surface area (Å²) < 4.78 is 26.8. The third kappa shape index (κ3) is 5.59. The lowest BCUT2D eigenvalue weighted by atomic mass is 10.2. The number of rotatable bonds is 7. The molecule has 1 aliphatic carbocycles. The molecule has 2 N–H and O–H groups in total. The van der Waals surface area contributed by atoms with Gasteiger partial charge in [0, 0.05) is 27.4 Å². The molecule has 1 saturated carbocycles. The summed E-state index contributed by atoms with van der Waals surface area (Å²) in [6, 6.07) is 13.6. The monoisotopic (exact) mass is 418 g/mol. The van der Waals surface area contributed by atoms with E-state index in [0.717, 1.165) is 5.69 Å². The second-order valence-electron chi connectivity index (χ2n) is 7.30. The Hall–Kier alpha value is -1.83. The molecule has 1 fully saturated rings. The summed E-state index contributed by atoms with van der Waals surface area (Å²) in [5.41, 5.74) is 1.13. The van der Waals surface area contributed by atoms with Gasteiger partial charge in [-0.1, -0.05) is 12.8 Å². The van der Waals surface area contributed by atoms with Crippen LogP contribution in [0, 0.1) is 0 Å². The van der Waals surface area contributed by atoms with Crippen LogP contribution in [0.3, 0.4) is 0 Å². The number of thioether (sulfide) groups is 1. The van der Waals surface area contributed by atoms with E-state index in [9.17, 15) is 13.2 Å². The summed E-state index contributed by atoms with van der Waals surface area (Å²) >= 11 is 1.91. The lowest BCUT2D eigenvalue weighted by Crippen LogP contribution is -2.30. The molecule has 0 atom stereocenters. The molecule has 5 nitrogen and oxygen atoms in total. The van der Waals surface area contributed by atoms with Crippen LogP contribution in [0.2, 0.25) is 0 Å². The van der Waals surface area contributed by atoms with Crippen LogP contribution in [0.4, 0.5) is 5.69 Å². The Morgan fingerprint density at radius 2 is 1.61 bits per heavy atom. The molecule has 1 aliphatic rings. The Morgan fingerprint density at radius 3 is 2.18 bits per heavy atom. The summed E-state index contributed by atoms with van der Waals surface area (Å²) in [6.07, 6.45) is 5.20. The van der Waals surface area contributed by atoms with Crippen molar-refractivity contribution in [3.8, 4) is 0 Å². The normalized spacial score (nSPS) is 15.1. The molecule has 0 aromatic heterocycles. The summed E-state index contributed by atoms with van der Waals surface area (Å²) in [4.78, 5) is 13.8. The fourth-order valence-corrected chi connectivity index (χ4v) is 5.68. The van der Waals surface area contributed by atoms with Gasteiger partial charge in [-0.2, -0.15) is 0 Å². The van der Waals surface area contributed by atoms with E-state index in [1.807, 2.05) is 36.0 Å². The van der Waals surface area contributed by atoms with Gasteiger partial charge >= 0.3 is 0 Å². The van der Waals surface area contributed by atoms with Crippen LogP contribution in [0.25, 0.3) is 0 Å². The highest BCUT2D eigenvalue weighted by Crippen LogP contribution is 2.35. The Morgan fingerprint density at radius 1 is 1.00 bits per heavy atom. The second kappa shape index (κ2) is 9.11. The molecule has 0 bridgehead atoms. The quantitative estimate of drug-likeness (QED) is 0.686. The summed E-state index contributed by atoms with van der Waals surface area (Å²) in [5, 5.41) is 3.56. The van der Waals surface area contributed by atoms with Gasteiger partial charge in [-0.15, -0.1) is 11.8 Å². The minimum absolute atomic E-state index is 0.144. The van der Waals surface area contributed by atoms with Gasteiger partial charge in [0.1, 0.15) is 0 Å². The maximum Gasteiger partial charge on any atom is 0.255 e. The first-order valence-electron chi connectivity index (χ1n) is 9.54. The van der Waals surface area contributed by atoms with Gasteiger partial charge in [0.05, 0.1) is 4.90 Å². The average Bonchev–Trinajstić information content (AvgIpc) is 3.15. The van der Waals surface area contributed by atoms with Crippen molar-refractivity contribution in [3.63, 3.8) is 0 Å². The van der Waals surface area contributed by atoms with Crippen LogP contribution in [-0.2, 0) is 10.0 Å². The van der Waals surface area contributed by atoms with Crippen LogP contribution in [0.5, 0.6) is 0 Å². The molecule has 2 aromatic carbocycles. The fraction of sp³-hybridized carbons (Fsp3) is 0.381. The first-order chi connectivity index (χ1) is 13.3. The highest BCUT2D eigenvalue weighted by Gasteiger charge is 2.17. The number of sulfonamides is 1. The fourth-order valence-electron chi connectivity index (χ4n) is 3.18. The number of nitrogens with one attached hydrogen (secondary N) is 2. The van der Waals surface area contributed by atoms with Crippen molar-refractivity contribution in [1.29, 1.82) is 0 Å².